The molecule has 0 unspecified atom stereocenters. The summed E-state index contributed by atoms with van der Waals surface area (Å²) in [6, 6.07) is 0. The number of rotatable bonds is 2. The maximum absolute atomic E-state index is 12.3. The van der Waals surface area contributed by atoms with E-state index in [2.05, 4.69) is 26.3 Å². The van der Waals surface area contributed by atoms with Crippen LogP contribution in [0.1, 0.15) is 17.4 Å². The van der Waals surface area contributed by atoms with Crippen LogP contribution < -0.4 is 5.32 Å². The molecule has 0 aromatic carbocycles. The van der Waals surface area contributed by atoms with Crippen LogP contribution in [-0.2, 0) is 11.8 Å². The number of halogens is 1. The molecule has 1 N–H and O–H groups in total. The molecule has 2 rings (SSSR count). The molecule has 23 heavy (non-hydrogen) atoms. The van der Waals surface area contributed by atoms with Crippen molar-refractivity contribution in [2.75, 3.05) is 32.8 Å². The molecular formula is C13H18BrN5O3S. The number of thiocarbonyl (C=S) groups is 1. The van der Waals surface area contributed by atoms with Crippen molar-refractivity contribution in [2.24, 2.45) is 7.05 Å². The third-order valence-corrected chi connectivity index (χ3v) is 4.36. The molecule has 2 heterocycles. The Labute approximate surface area is 147 Å². The number of carbonyl (C=O) groups is 2. The van der Waals surface area contributed by atoms with Crippen molar-refractivity contribution in [1.82, 2.24) is 24.9 Å². The highest BCUT2D eigenvalue weighted by atomic mass is 79.9. The van der Waals surface area contributed by atoms with Crippen molar-refractivity contribution in [3.05, 3.63) is 16.4 Å². The smallest absolute Gasteiger partial charge is 0.409 e. The van der Waals surface area contributed by atoms with Crippen molar-refractivity contribution in [3.63, 3.8) is 0 Å². The van der Waals surface area contributed by atoms with Gasteiger partial charge < -0.3 is 14.5 Å². The van der Waals surface area contributed by atoms with Gasteiger partial charge in [-0.2, -0.15) is 5.10 Å². The fourth-order valence-electron chi connectivity index (χ4n) is 2.21. The maximum atomic E-state index is 12.3. The molecule has 2 amide bonds. The van der Waals surface area contributed by atoms with Crippen LogP contribution >= 0.6 is 28.1 Å². The van der Waals surface area contributed by atoms with Crippen molar-refractivity contribution < 1.29 is 14.3 Å². The molecule has 1 saturated heterocycles. The number of amides is 2. The number of hydrogen-bond donors (Lipinski definition) is 1. The van der Waals surface area contributed by atoms with E-state index in [1.807, 2.05) is 4.90 Å². The van der Waals surface area contributed by atoms with Crippen LogP contribution in [-0.4, -0.2) is 69.5 Å². The van der Waals surface area contributed by atoms with Gasteiger partial charge in [0.1, 0.15) is 5.69 Å². The molecular weight excluding hydrogens is 386 g/mol. The quantitative estimate of drug-likeness (QED) is 0.741. The lowest BCUT2D eigenvalue weighted by atomic mass is 10.3. The highest BCUT2D eigenvalue weighted by molar-refractivity contribution is 9.10. The molecule has 0 radical (unpaired) electrons. The molecule has 1 fully saturated rings. The minimum Gasteiger partial charge on any atom is -0.450 e. The predicted molar refractivity (Wildman–Crippen MR) is 91.1 cm³/mol. The van der Waals surface area contributed by atoms with E-state index in [0.717, 1.165) is 0 Å². The van der Waals surface area contributed by atoms with Gasteiger partial charge >= 0.3 is 6.09 Å². The number of ether oxygens (including phenoxy) is 1. The SMILES string of the molecule is CCOC(=O)N1CCN(C(=S)NC(=O)c2c(Br)cnn2C)CC1. The Bertz CT molecular complexity index is 593. The van der Waals surface area contributed by atoms with Crippen LogP contribution in [0.15, 0.2) is 10.7 Å². The second kappa shape index (κ2) is 7.73. The van der Waals surface area contributed by atoms with E-state index >= 15 is 0 Å². The fourth-order valence-corrected chi connectivity index (χ4v) is 3.01. The van der Waals surface area contributed by atoms with Gasteiger partial charge in [0, 0.05) is 33.2 Å². The Hall–Kier alpha value is -1.68. The van der Waals surface area contributed by atoms with E-state index < -0.39 is 0 Å². The summed E-state index contributed by atoms with van der Waals surface area (Å²) in [5.41, 5.74) is 0.400. The zero-order valence-corrected chi connectivity index (χ0v) is 15.3. The standard InChI is InChI=1S/C13H18BrN5O3S/c1-3-22-13(21)19-6-4-18(5-7-19)12(23)16-11(20)10-9(14)8-15-17(10)2/h8H,3-7H2,1-2H3,(H,16,20,23). The highest BCUT2D eigenvalue weighted by Gasteiger charge is 2.25. The van der Waals surface area contributed by atoms with E-state index in [9.17, 15) is 9.59 Å². The van der Waals surface area contributed by atoms with Gasteiger partial charge in [0.2, 0.25) is 0 Å². The Kier molecular flexibility index (Phi) is 5.94. The van der Waals surface area contributed by atoms with E-state index in [1.165, 1.54) is 4.68 Å². The summed E-state index contributed by atoms with van der Waals surface area (Å²) in [6.45, 7) is 4.23. The first-order valence-electron chi connectivity index (χ1n) is 7.13. The van der Waals surface area contributed by atoms with Crippen molar-refractivity contribution >= 4 is 45.3 Å². The number of nitrogens with one attached hydrogen (secondary N) is 1. The van der Waals surface area contributed by atoms with Crippen LogP contribution in [0.2, 0.25) is 0 Å². The van der Waals surface area contributed by atoms with Crippen LogP contribution in [0.3, 0.4) is 0 Å². The summed E-state index contributed by atoms with van der Waals surface area (Å²) in [6.07, 6.45) is 1.23. The molecule has 0 saturated carbocycles. The minimum atomic E-state index is -0.324. The summed E-state index contributed by atoms with van der Waals surface area (Å²) in [4.78, 5) is 27.4. The summed E-state index contributed by atoms with van der Waals surface area (Å²) < 4.78 is 7.04. The molecule has 1 aliphatic rings. The Morgan fingerprint density at radius 3 is 2.48 bits per heavy atom. The molecule has 0 atom stereocenters. The Balaban J connectivity index is 1.88. The summed E-state index contributed by atoms with van der Waals surface area (Å²) in [7, 11) is 1.68. The van der Waals surface area contributed by atoms with Crippen molar-refractivity contribution in [3.8, 4) is 0 Å². The number of aryl methyl sites for hydroxylation is 1. The van der Waals surface area contributed by atoms with Gasteiger partial charge in [0.05, 0.1) is 17.3 Å². The number of nitrogens with zero attached hydrogens (tertiary/aromatic N) is 4. The molecule has 126 valence electrons. The van der Waals surface area contributed by atoms with Crippen LogP contribution in [0.25, 0.3) is 0 Å². The monoisotopic (exact) mass is 403 g/mol. The van der Waals surface area contributed by atoms with E-state index in [0.29, 0.717) is 48.1 Å². The van der Waals surface area contributed by atoms with Gasteiger partial charge in [-0.25, -0.2) is 4.79 Å². The zero-order chi connectivity index (χ0) is 17.0. The average Bonchev–Trinajstić information content (AvgIpc) is 2.86. The van der Waals surface area contributed by atoms with Crippen LogP contribution in [0, 0.1) is 0 Å². The lowest BCUT2D eigenvalue weighted by Crippen LogP contribution is -2.54. The minimum absolute atomic E-state index is 0.319. The second-order valence-corrected chi connectivity index (χ2v) is 6.14. The molecule has 1 aliphatic heterocycles. The zero-order valence-electron chi connectivity index (χ0n) is 12.9. The fraction of sp³-hybridized carbons (Fsp3) is 0.538. The molecule has 10 heteroatoms. The topological polar surface area (TPSA) is 79.7 Å². The Morgan fingerprint density at radius 1 is 1.35 bits per heavy atom. The predicted octanol–water partition coefficient (Wildman–Crippen LogP) is 0.971. The number of hydrogen-bond acceptors (Lipinski definition) is 5. The van der Waals surface area contributed by atoms with Gasteiger partial charge in [0.15, 0.2) is 5.11 Å². The van der Waals surface area contributed by atoms with Gasteiger partial charge in [0.25, 0.3) is 5.91 Å². The van der Waals surface area contributed by atoms with Gasteiger partial charge in [-0.1, -0.05) is 0 Å². The van der Waals surface area contributed by atoms with Gasteiger partial charge in [-0.15, -0.1) is 0 Å². The van der Waals surface area contributed by atoms with E-state index in [4.69, 9.17) is 17.0 Å². The maximum Gasteiger partial charge on any atom is 0.409 e. The number of carbonyl (C=O) groups excluding carboxylic acids is 2. The lowest BCUT2D eigenvalue weighted by Gasteiger charge is -2.35. The number of piperazine rings is 1. The summed E-state index contributed by atoms with van der Waals surface area (Å²) in [5.74, 6) is -0.324. The Morgan fingerprint density at radius 2 is 1.96 bits per heavy atom. The first-order valence-corrected chi connectivity index (χ1v) is 8.33. The molecule has 0 spiro atoms. The first-order chi connectivity index (χ1) is 10.9. The van der Waals surface area contributed by atoms with E-state index in [1.54, 1.807) is 25.1 Å². The number of aromatic nitrogens is 2. The van der Waals surface area contributed by atoms with E-state index in [-0.39, 0.29) is 12.0 Å². The average molecular weight is 404 g/mol. The summed E-state index contributed by atoms with van der Waals surface area (Å²) in [5, 5.41) is 7.03. The second-order valence-electron chi connectivity index (χ2n) is 4.90. The van der Waals surface area contributed by atoms with Gasteiger partial charge in [-0.3, -0.25) is 14.8 Å². The lowest BCUT2D eigenvalue weighted by molar-refractivity contribution is 0.0894. The molecule has 0 bridgehead atoms. The molecule has 1 aromatic rings. The third-order valence-electron chi connectivity index (χ3n) is 3.42. The third kappa shape index (κ3) is 4.20. The normalized spacial score (nSPS) is 14.6. The largest absolute Gasteiger partial charge is 0.450 e. The molecule has 0 aliphatic carbocycles. The molecule has 1 aromatic heterocycles. The van der Waals surface area contributed by atoms with Crippen molar-refractivity contribution in [1.29, 1.82) is 0 Å². The van der Waals surface area contributed by atoms with Crippen molar-refractivity contribution in [2.45, 2.75) is 6.92 Å². The highest BCUT2D eigenvalue weighted by Crippen LogP contribution is 2.15. The van der Waals surface area contributed by atoms with Gasteiger partial charge in [-0.05, 0) is 35.1 Å². The summed E-state index contributed by atoms with van der Waals surface area (Å²) >= 11 is 8.56. The van der Waals surface area contributed by atoms with Crippen LogP contribution in [0.5, 0.6) is 0 Å². The first kappa shape index (κ1) is 17.7. The molecule has 8 nitrogen and oxygen atoms in total. The van der Waals surface area contributed by atoms with Crippen LogP contribution in [0.4, 0.5) is 4.79 Å².